The Bertz CT molecular complexity index is 586. The predicted molar refractivity (Wildman–Crippen MR) is 86.3 cm³/mol. The molecular weight excluding hydrogens is 310 g/mol. The minimum absolute atomic E-state index is 0.0630. The number of hydrogen-bond acceptors (Lipinski definition) is 5. The second-order valence-corrected chi connectivity index (χ2v) is 6.24. The summed E-state index contributed by atoms with van der Waals surface area (Å²) in [5, 5.41) is 2.89. The van der Waals surface area contributed by atoms with Crippen LogP contribution in [-0.2, 0) is 20.9 Å². The van der Waals surface area contributed by atoms with Crippen LogP contribution in [0.25, 0.3) is 0 Å². The Kier molecular flexibility index (Phi) is 5.30. The molecule has 24 heavy (non-hydrogen) atoms. The highest BCUT2D eigenvalue weighted by atomic mass is 16.5. The topological polar surface area (TPSA) is 80.8 Å². The molecule has 1 atom stereocenters. The van der Waals surface area contributed by atoms with Gasteiger partial charge in [0.2, 0.25) is 17.7 Å². The van der Waals surface area contributed by atoms with Crippen LogP contribution in [0.2, 0.25) is 0 Å². The quantitative estimate of drug-likeness (QED) is 0.710. The van der Waals surface area contributed by atoms with E-state index in [2.05, 4.69) is 10.3 Å². The number of aromatic nitrogens is 1. The zero-order chi connectivity index (χ0) is 16.9. The molecular formula is C17H23N3O4. The minimum atomic E-state index is -0.234. The number of rotatable bonds is 8. The molecule has 3 rings (SSSR count). The van der Waals surface area contributed by atoms with Gasteiger partial charge in [-0.25, -0.2) is 4.98 Å². The highest BCUT2D eigenvalue weighted by Gasteiger charge is 2.41. The summed E-state index contributed by atoms with van der Waals surface area (Å²) in [4.78, 5) is 30.2. The van der Waals surface area contributed by atoms with Crippen molar-refractivity contribution in [3.63, 3.8) is 0 Å². The molecule has 0 spiro atoms. The monoisotopic (exact) mass is 333 g/mol. The number of likely N-dealkylation sites (tertiary alicyclic amines) is 1. The second kappa shape index (κ2) is 7.61. The molecule has 130 valence electrons. The average molecular weight is 333 g/mol. The van der Waals surface area contributed by atoms with Crippen LogP contribution < -0.4 is 10.1 Å². The van der Waals surface area contributed by atoms with E-state index in [9.17, 15) is 9.59 Å². The molecule has 2 amide bonds. The van der Waals surface area contributed by atoms with Crippen molar-refractivity contribution in [2.75, 3.05) is 26.9 Å². The standard InChI is InChI=1S/C17H23N3O4/c1-23-6-7-24-15-5-2-12(9-18-15)10-19-17(22)13-8-16(21)20(11-13)14-3-4-14/h2,5,9,13-14H,3-4,6-8,10-11H2,1H3,(H,19,22)/t13-/m0/s1. The molecule has 1 aromatic rings. The molecule has 2 fully saturated rings. The van der Waals surface area contributed by atoms with Gasteiger partial charge in [-0.2, -0.15) is 0 Å². The molecule has 7 nitrogen and oxygen atoms in total. The highest BCUT2D eigenvalue weighted by molar-refractivity contribution is 5.89. The molecule has 2 heterocycles. The van der Waals surface area contributed by atoms with E-state index in [0.29, 0.717) is 44.6 Å². The summed E-state index contributed by atoms with van der Waals surface area (Å²) in [6, 6.07) is 4.02. The lowest BCUT2D eigenvalue weighted by Crippen LogP contribution is -2.33. The third-order valence-electron chi connectivity index (χ3n) is 4.32. The maximum Gasteiger partial charge on any atom is 0.225 e. The van der Waals surface area contributed by atoms with Crippen LogP contribution in [0.4, 0.5) is 0 Å². The van der Waals surface area contributed by atoms with Gasteiger partial charge in [0.15, 0.2) is 0 Å². The third-order valence-corrected chi connectivity index (χ3v) is 4.32. The van der Waals surface area contributed by atoms with Crippen molar-refractivity contribution in [2.24, 2.45) is 5.92 Å². The first-order chi connectivity index (χ1) is 11.7. The molecule has 7 heteroatoms. The fourth-order valence-electron chi connectivity index (χ4n) is 2.81. The van der Waals surface area contributed by atoms with Crippen molar-refractivity contribution in [1.82, 2.24) is 15.2 Å². The van der Waals surface area contributed by atoms with Crippen LogP contribution in [0.1, 0.15) is 24.8 Å². The maximum absolute atomic E-state index is 12.2. The van der Waals surface area contributed by atoms with Crippen molar-refractivity contribution >= 4 is 11.8 Å². The van der Waals surface area contributed by atoms with Crippen LogP contribution in [0.3, 0.4) is 0 Å². The fraction of sp³-hybridized carbons (Fsp3) is 0.588. The van der Waals surface area contributed by atoms with Gasteiger partial charge in [0, 0.05) is 44.9 Å². The van der Waals surface area contributed by atoms with Crippen molar-refractivity contribution in [2.45, 2.75) is 31.8 Å². The number of methoxy groups -OCH3 is 1. The van der Waals surface area contributed by atoms with Gasteiger partial charge in [-0.3, -0.25) is 9.59 Å². The Morgan fingerprint density at radius 3 is 2.88 bits per heavy atom. The van der Waals surface area contributed by atoms with Gasteiger partial charge in [0.05, 0.1) is 12.5 Å². The molecule has 0 bridgehead atoms. The van der Waals surface area contributed by atoms with Crippen molar-refractivity contribution < 1.29 is 19.1 Å². The van der Waals surface area contributed by atoms with Crippen LogP contribution in [0.15, 0.2) is 18.3 Å². The molecule has 2 aliphatic rings. The number of carbonyl (C=O) groups excluding carboxylic acids is 2. The van der Waals surface area contributed by atoms with Gasteiger partial charge >= 0.3 is 0 Å². The van der Waals surface area contributed by atoms with E-state index in [0.717, 1.165) is 18.4 Å². The fourth-order valence-corrected chi connectivity index (χ4v) is 2.81. The molecule has 0 unspecified atom stereocenters. The smallest absolute Gasteiger partial charge is 0.225 e. The zero-order valence-corrected chi connectivity index (χ0v) is 13.9. The van der Waals surface area contributed by atoms with Crippen molar-refractivity contribution in [3.8, 4) is 5.88 Å². The van der Waals surface area contributed by atoms with E-state index in [1.807, 2.05) is 11.0 Å². The Labute approximate surface area is 141 Å². The number of pyridine rings is 1. The molecule has 0 radical (unpaired) electrons. The molecule has 1 aliphatic carbocycles. The van der Waals surface area contributed by atoms with Crippen molar-refractivity contribution in [1.29, 1.82) is 0 Å². The lowest BCUT2D eigenvalue weighted by atomic mass is 10.1. The highest BCUT2D eigenvalue weighted by Crippen LogP contribution is 2.32. The number of ether oxygens (including phenoxy) is 2. The lowest BCUT2D eigenvalue weighted by Gasteiger charge is -2.15. The Balaban J connectivity index is 1.43. The van der Waals surface area contributed by atoms with Crippen LogP contribution in [0.5, 0.6) is 5.88 Å². The Hall–Kier alpha value is -2.15. The molecule has 1 N–H and O–H groups in total. The number of nitrogens with zero attached hydrogens (tertiary/aromatic N) is 2. The first-order valence-corrected chi connectivity index (χ1v) is 8.31. The third kappa shape index (κ3) is 4.23. The normalized spacial score (nSPS) is 20.3. The van der Waals surface area contributed by atoms with E-state index < -0.39 is 0 Å². The number of nitrogens with one attached hydrogen (secondary N) is 1. The van der Waals surface area contributed by atoms with Gasteiger partial charge in [-0.1, -0.05) is 6.07 Å². The van der Waals surface area contributed by atoms with Crippen LogP contribution >= 0.6 is 0 Å². The molecule has 0 aromatic carbocycles. The van der Waals surface area contributed by atoms with Gasteiger partial charge in [0.25, 0.3) is 0 Å². The summed E-state index contributed by atoms with van der Waals surface area (Å²) in [6.45, 7) is 1.92. The summed E-state index contributed by atoms with van der Waals surface area (Å²) in [5.41, 5.74) is 0.894. The summed E-state index contributed by atoms with van der Waals surface area (Å²) >= 11 is 0. The zero-order valence-electron chi connectivity index (χ0n) is 13.9. The second-order valence-electron chi connectivity index (χ2n) is 6.24. The van der Waals surface area contributed by atoms with E-state index in [1.54, 1.807) is 19.4 Å². The predicted octanol–water partition coefficient (Wildman–Crippen LogP) is 0.734. The maximum atomic E-state index is 12.2. The summed E-state index contributed by atoms with van der Waals surface area (Å²) in [5.74, 6) is 0.343. The Morgan fingerprint density at radius 2 is 2.21 bits per heavy atom. The van der Waals surface area contributed by atoms with Gasteiger partial charge < -0.3 is 19.7 Å². The summed E-state index contributed by atoms with van der Waals surface area (Å²) in [6.07, 6.45) is 4.15. The van der Waals surface area contributed by atoms with Crippen molar-refractivity contribution in [3.05, 3.63) is 23.9 Å². The van der Waals surface area contributed by atoms with Gasteiger partial charge in [-0.05, 0) is 18.4 Å². The van der Waals surface area contributed by atoms with Crippen LogP contribution in [-0.4, -0.2) is 54.6 Å². The lowest BCUT2D eigenvalue weighted by molar-refractivity contribution is -0.129. The number of amides is 2. The first-order valence-electron chi connectivity index (χ1n) is 8.31. The average Bonchev–Trinajstić information content (AvgIpc) is 3.36. The minimum Gasteiger partial charge on any atom is -0.475 e. The number of carbonyl (C=O) groups is 2. The summed E-state index contributed by atoms with van der Waals surface area (Å²) < 4.78 is 10.3. The largest absolute Gasteiger partial charge is 0.475 e. The van der Waals surface area contributed by atoms with Crippen LogP contribution in [0, 0.1) is 5.92 Å². The first kappa shape index (κ1) is 16.7. The molecule has 1 aliphatic heterocycles. The molecule has 1 saturated heterocycles. The summed E-state index contributed by atoms with van der Waals surface area (Å²) in [7, 11) is 1.62. The molecule has 1 saturated carbocycles. The van der Waals surface area contributed by atoms with Gasteiger partial charge in [-0.15, -0.1) is 0 Å². The van der Waals surface area contributed by atoms with E-state index in [-0.39, 0.29) is 17.7 Å². The molecule has 1 aromatic heterocycles. The SMILES string of the molecule is COCCOc1ccc(CNC(=O)[C@H]2CC(=O)N(C3CC3)C2)cn1. The Morgan fingerprint density at radius 1 is 1.38 bits per heavy atom. The van der Waals surface area contributed by atoms with E-state index >= 15 is 0 Å². The number of hydrogen-bond donors (Lipinski definition) is 1. The van der Waals surface area contributed by atoms with E-state index in [1.165, 1.54) is 0 Å². The van der Waals surface area contributed by atoms with E-state index in [4.69, 9.17) is 9.47 Å². The van der Waals surface area contributed by atoms with Gasteiger partial charge in [0.1, 0.15) is 6.61 Å².